The smallest absolute Gasteiger partial charge is 0.341 e. The number of aromatic nitrogens is 1. The van der Waals surface area contributed by atoms with Crippen molar-refractivity contribution in [3.8, 4) is 5.75 Å². The van der Waals surface area contributed by atoms with Crippen molar-refractivity contribution < 1.29 is 19.4 Å². The monoisotopic (exact) mass is 316 g/mol. The van der Waals surface area contributed by atoms with Crippen molar-refractivity contribution in [1.29, 1.82) is 0 Å². The molecule has 1 aromatic heterocycles. The highest BCUT2D eigenvalue weighted by Crippen LogP contribution is 2.12. The van der Waals surface area contributed by atoms with E-state index in [9.17, 15) is 9.59 Å². The minimum absolute atomic E-state index is 0.0954. The van der Waals surface area contributed by atoms with Gasteiger partial charge in [0, 0.05) is 19.3 Å². The van der Waals surface area contributed by atoms with Crippen LogP contribution in [0.2, 0.25) is 0 Å². The molecule has 0 aliphatic carbocycles. The topological polar surface area (TPSA) is 80.6 Å². The molecule has 0 unspecified atom stereocenters. The van der Waals surface area contributed by atoms with E-state index < -0.39 is 5.97 Å². The fraction of sp³-hybridized carbons (Fsp3) is 0.294. The molecule has 1 amide bonds. The molecule has 0 fully saturated rings. The van der Waals surface area contributed by atoms with Gasteiger partial charge < -0.3 is 19.7 Å². The largest absolute Gasteiger partial charge is 0.482 e. The van der Waals surface area contributed by atoms with Crippen LogP contribution in [0.15, 0.2) is 36.4 Å². The first kappa shape index (κ1) is 16.6. The van der Waals surface area contributed by atoms with E-state index in [1.54, 1.807) is 18.2 Å². The van der Waals surface area contributed by atoms with Crippen LogP contribution in [0, 0.1) is 6.92 Å². The van der Waals surface area contributed by atoms with Gasteiger partial charge in [0.05, 0.1) is 0 Å². The lowest BCUT2D eigenvalue weighted by Crippen LogP contribution is -2.27. The lowest BCUT2D eigenvalue weighted by Gasteiger charge is -2.08. The summed E-state index contributed by atoms with van der Waals surface area (Å²) in [7, 11) is 1.86. The van der Waals surface area contributed by atoms with Crippen LogP contribution in [0.1, 0.15) is 21.7 Å². The van der Waals surface area contributed by atoms with Gasteiger partial charge in [0.25, 0.3) is 5.91 Å². The second kappa shape index (κ2) is 7.49. The van der Waals surface area contributed by atoms with Crippen LogP contribution in [0.3, 0.4) is 0 Å². The van der Waals surface area contributed by atoms with E-state index in [4.69, 9.17) is 9.84 Å². The third-order valence-corrected chi connectivity index (χ3v) is 3.59. The molecule has 0 atom stereocenters. The highest BCUT2D eigenvalue weighted by Gasteiger charge is 2.09. The maximum atomic E-state index is 12.1. The zero-order chi connectivity index (χ0) is 16.8. The van der Waals surface area contributed by atoms with Gasteiger partial charge >= 0.3 is 5.97 Å². The molecule has 122 valence electrons. The molecule has 2 rings (SSSR count). The Hall–Kier alpha value is -2.76. The van der Waals surface area contributed by atoms with Gasteiger partial charge in [0.1, 0.15) is 11.4 Å². The summed E-state index contributed by atoms with van der Waals surface area (Å²) in [5.41, 5.74) is 2.71. The number of benzene rings is 1. The van der Waals surface area contributed by atoms with Gasteiger partial charge in [0.2, 0.25) is 0 Å². The van der Waals surface area contributed by atoms with Crippen molar-refractivity contribution in [2.45, 2.75) is 13.3 Å². The molecule has 2 aromatic rings. The first-order chi connectivity index (χ1) is 11.0. The molecule has 6 heteroatoms. The summed E-state index contributed by atoms with van der Waals surface area (Å²) in [6.45, 7) is 2.12. The molecule has 1 aromatic carbocycles. The van der Waals surface area contributed by atoms with E-state index >= 15 is 0 Å². The van der Waals surface area contributed by atoms with Crippen LogP contribution in [0.5, 0.6) is 5.75 Å². The Kier molecular flexibility index (Phi) is 5.41. The van der Waals surface area contributed by atoms with Gasteiger partial charge in [-0.1, -0.05) is 12.1 Å². The summed E-state index contributed by atoms with van der Waals surface area (Å²) in [6, 6.07) is 10.9. The Morgan fingerprint density at radius 3 is 2.43 bits per heavy atom. The maximum Gasteiger partial charge on any atom is 0.341 e. The third kappa shape index (κ3) is 4.60. The molecular weight excluding hydrogens is 296 g/mol. The second-order valence-corrected chi connectivity index (χ2v) is 5.25. The van der Waals surface area contributed by atoms with Crippen LogP contribution in [0.4, 0.5) is 0 Å². The van der Waals surface area contributed by atoms with Crippen molar-refractivity contribution in [2.24, 2.45) is 7.05 Å². The number of hydrogen-bond acceptors (Lipinski definition) is 3. The van der Waals surface area contributed by atoms with E-state index in [2.05, 4.69) is 5.32 Å². The molecule has 0 aliphatic rings. The van der Waals surface area contributed by atoms with E-state index in [-0.39, 0.29) is 12.5 Å². The average molecular weight is 316 g/mol. The molecule has 0 bridgehead atoms. The summed E-state index contributed by atoms with van der Waals surface area (Å²) < 4.78 is 6.92. The molecule has 0 aliphatic heterocycles. The lowest BCUT2D eigenvalue weighted by molar-refractivity contribution is -0.139. The number of nitrogens with zero attached hydrogens (tertiary/aromatic N) is 1. The Bertz CT molecular complexity index is 689. The van der Waals surface area contributed by atoms with Crippen LogP contribution < -0.4 is 10.1 Å². The Labute approximate surface area is 134 Å². The van der Waals surface area contributed by atoms with Gasteiger partial charge in [-0.05, 0) is 43.2 Å². The van der Waals surface area contributed by atoms with Crippen molar-refractivity contribution in [1.82, 2.24) is 9.88 Å². The fourth-order valence-electron chi connectivity index (χ4n) is 2.15. The first-order valence-electron chi connectivity index (χ1n) is 7.31. The molecule has 23 heavy (non-hydrogen) atoms. The van der Waals surface area contributed by atoms with E-state index in [0.29, 0.717) is 24.4 Å². The quantitative estimate of drug-likeness (QED) is 0.816. The summed E-state index contributed by atoms with van der Waals surface area (Å²) >= 11 is 0. The van der Waals surface area contributed by atoms with Crippen molar-refractivity contribution in [2.75, 3.05) is 13.2 Å². The highest BCUT2D eigenvalue weighted by atomic mass is 16.5. The van der Waals surface area contributed by atoms with Gasteiger partial charge in [-0.2, -0.15) is 0 Å². The van der Waals surface area contributed by atoms with Crippen molar-refractivity contribution in [3.05, 3.63) is 53.3 Å². The van der Waals surface area contributed by atoms with Crippen LogP contribution >= 0.6 is 0 Å². The SMILES string of the molecule is Cc1ccc(C(=O)NCCc2ccc(OCC(=O)O)cc2)n1C. The number of carbonyl (C=O) groups excluding carboxylic acids is 1. The predicted molar refractivity (Wildman–Crippen MR) is 85.8 cm³/mol. The zero-order valence-electron chi connectivity index (χ0n) is 13.2. The number of aliphatic carboxylic acids is 1. The number of ether oxygens (including phenoxy) is 1. The normalized spacial score (nSPS) is 10.3. The lowest BCUT2D eigenvalue weighted by atomic mass is 10.1. The number of aryl methyl sites for hydroxylation is 1. The average Bonchev–Trinajstić information content (AvgIpc) is 2.86. The molecule has 0 radical (unpaired) electrons. The molecule has 6 nitrogen and oxygen atoms in total. The Balaban J connectivity index is 1.81. The van der Waals surface area contributed by atoms with Crippen molar-refractivity contribution in [3.63, 3.8) is 0 Å². The Morgan fingerprint density at radius 2 is 1.87 bits per heavy atom. The number of carbonyl (C=O) groups is 2. The second-order valence-electron chi connectivity index (χ2n) is 5.25. The zero-order valence-corrected chi connectivity index (χ0v) is 13.2. The highest BCUT2D eigenvalue weighted by molar-refractivity contribution is 5.92. The molecule has 0 saturated carbocycles. The molecule has 0 saturated heterocycles. The van der Waals surface area contributed by atoms with Gasteiger partial charge in [-0.25, -0.2) is 4.79 Å². The third-order valence-electron chi connectivity index (χ3n) is 3.59. The van der Waals surface area contributed by atoms with Crippen LogP contribution in [-0.4, -0.2) is 34.7 Å². The number of nitrogens with one attached hydrogen (secondary N) is 1. The summed E-state index contributed by atoms with van der Waals surface area (Å²) in [6.07, 6.45) is 0.689. The van der Waals surface area contributed by atoms with E-state index in [1.807, 2.05) is 36.7 Å². The minimum Gasteiger partial charge on any atom is -0.482 e. The van der Waals surface area contributed by atoms with Gasteiger partial charge in [-0.15, -0.1) is 0 Å². The van der Waals surface area contributed by atoms with Crippen LogP contribution in [0.25, 0.3) is 0 Å². The fourth-order valence-corrected chi connectivity index (χ4v) is 2.15. The summed E-state index contributed by atoms with van der Waals surface area (Å²) in [5.74, 6) is -0.589. The molecule has 2 N–H and O–H groups in total. The van der Waals surface area contributed by atoms with E-state index in [1.165, 1.54) is 0 Å². The molecular formula is C17H20N2O4. The van der Waals surface area contributed by atoms with E-state index in [0.717, 1.165) is 11.3 Å². The van der Waals surface area contributed by atoms with Gasteiger partial charge in [0.15, 0.2) is 6.61 Å². The Morgan fingerprint density at radius 1 is 1.17 bits per heavy atom. The van der Waals surface area contributed by atoms with Gasteiger partial charge in [-0.3, -0.25) is 4.79 Å². The minimum atomic E-state index is -1.01. The standard InChI is InChI=1S/C17H20N2O4/c1-12-3-8-15(19(12)2)17(22)18-10-9-13-4-6-14(7-5-13)23-11-16(20)21/h3-8H,9-11H2,1-2H3,(H,18,22)(H,20,21). The number of amides is 1. The first-order valence-corrected chi connectivity index (χ1v) is 7.31. The number of carboxylic acid groups (broad SMARTS) is 1. The number of carboxylic acids is 1. The molecule has 1 heterocycles. The summed E-state index contributed by atoms with van der Waals surface area (Å²) in [5, 5.41) is 11.4. The predicted octanol–water partition coefficient (Wildman–Crippen LogP) is 1.77. The van der Waals surface area contributed by atoms with Crippen LogP contribution in [-0.2, 0) is 18.3 Å². The summed E-state index contributed by atoms with van der Waals surface area (Å²) in [4.78, 5) is 22.5. The number of hydrogen-bond donors (Lipinski definition) is 2. The van der Waals surface area contributed by atoms with Crippen molar-refractivity contribution >= 4 is 11.9 Å². The number of rotatable bonds is 7. The molecule has 0 spiro atoms. The maximum absolute atomic E-state index is 12.1.